The Balaban J connectivity index is 1.41. The number of nitrogens with one attached hydrogen (secondary N) is 2. The zero-order valence-electron chi connectivity index (χ0n) is 17.6. The van der Waals surface area contributed by atoms with Crippen LogP contribution < -0.4 is 19.5 Å². The molecule has 0 bridgehead atoms. The average Bonchev–Trinajstić information content (AvgIpc) is 3.54. The van der Waals surface area contributed by atoms with Crippen LogP contribution in [0.3, 0.4) is 0 Å². The maximum absolute atomic E-state index is 12.3. The van der Waals surface area contributed by atoms with Gasteiger partial charge in [0.1, 0.15) is 5.82 Å². The summed E-state index contributed by atoms with van der Waals surface area (Å²) in [5.74, 6) is 3.44. The van der Waals surface area contributed by atoms with Gasteiger partial charge in [0.05, 0.1) is 21.3 Å². The molecule has 0 unspecified atom stereocenters. The number of anilines is 1. The first kappa shape index (κ1) is 20.5. The summed E-state index contributed by atoms with van der Waals surface area (Å²) in [5.41, 5.74) is 2.33. The lowest BCUT2D eigenvalue weighted by Gasteiger charge is -2.12. The summed E-state index contributed by atoms with van der Waals surface area (Å²) in [5, 5.41) is 10.1. The Bertz CT molecular complexity index is 1080. The fourth-order valence-electron chi connectivity index (χ4n) is 3.20. The van der Waals surface area contributed by atoms with E-state index in [0.29, 0.717) is 34.7 Å². The molecule has 2 aromatic carbocycles. The van der Waals surface area contributed by atoms with E-state index in [2.05, 4.69) is 20.5 Å². The first-order valence-corrected chi connectivity index (χ1v) is 9.93. The minimum absolute atomic E-state index is 0.254. The molecule has 1 saturated carbocycles. The lowest BCUT2D eigenvalue weighted by molar-refractivity contribution is -0.111. The van der Waals surface area contributed by atoms with Gasteiger partial charge in [-0.15, -0.1) is 0 Å². The van der Waals surface area contributed by atoms with E-state index in [0.717, 1.165) is 17.0 Å². The highest BCUT2D eigenvalue weighted by atomic mass is 16.5. The topological polar surface area (TPSA) is 98.4 Å². The van der Waals surface area contributed by atoms with Crippen LogP contribution in [-0.4, -0.2) is 42.4 Å². The van der Waals surface area contributed by atoms with Gasteiger partial charge in [-0.2, -0.15) is 5.10 Å². The molecule has 160 valence electrons. The van der Waals surface area contributed by atoms with Crippen LogP contribution in [0.1, 0.15) is 30.1 Å². The largest absolute Gasteiger partial charge is 0.493 e. The van der Waals surface area contributed by atoms with Gasteiger partial charge in [0.2, 0.25) is 11.7 Å². The van der Waals surface area contributed by atoms with Crippen molar-refractivity contribution in [2.24, 2.45) is 0 Å². The minimum atomic E-state index is -0.254. The minimum Gasteiger partial charge on any atom is -0.493 e. The molecular weight excluding hydrogens is 396 g/mol. The molecule has 2 N–H and O–H groups in total. The van der Waals surface area contributed by atoms with E-state index < -0.39 is 0 Å². The number of nitrogens with zero attached hydrogens (tertiary/aromatic N) is 2. The lowest BCUT2D eigenvalue weighted by Crippen LogP contribution is -2.07. The Kier molecular flexibility index (Phi) is 5.88. The number of methoxy groups -OCH3 is 3. The zero-order chi connectivity index (χ0) is 21.8. The Morgan fingerprint density at radius 1 is 1.06 bits per heavy atom. The van der Waals surface area contributed by atoms with Gasteiger partial charge in [-0.3, -0.25) is 9.89 Å². The number of aromatic amines is 1. The summed E-state index contributed by atoms with van der Waals surface area (Å²) in [4.78, 5) is 16.9. The predicted molar refractivity (Wildman–Crippen MR) is 118 cm³/mol. The molecule has 0 atom stereocenters. The van der Waals surface area contributed by atoms with Crippen molar-refractivity contribution in [2.75, 3.05) is 26.6 Å². The van der Waals surface area contributed by atoms with Crippen molar-refractivity contribution in [1.29, 1.82) is 0 Å². The summed E-state index contributed by atoms with van der Waals surface area (Å²) in [6, 6.07) is 11.0. The Morgan fingerprint density at radius 3 is 2.32 bits per heavy atom. The maximum atomic E-state index is 12.3. The van der Waals surface area contributed by atoms with Crippen molar-refractivity contribution < 1.29 is 19.0 Å². The summed E-state index contributed by atoms with van der Waals surface area (Å²) in [7, 11) is 4.64. The molecular formula is C23H24N4O4. The van der Waals surface area contributed by atoms with Gasteiger partial charge >= 0.3 is 0 Å². The van der Waals surface area contributed by atoms with Crippen molar-refractivity contribution in [3.05, 3.63) is 53.9 Å². The van der Waals surface area contributed by atoms with Crippen LogP contribution in [0.5, 0.6) is 17.2 Å². The van der Waals surface area contributed by atoms with Crippen molar-refractivity contribution >= 4 is 17.7 Å². The first-order chi connectivity index (χ1) is 15.1. The third kappa shape index (κ3) is 4.69. The Hall–Kier alpha value is -3.81. The van der Waals surface area contributed by atoms with Gasteiger partial charge < -0.3 is 19.5 Å². The van der Waals surface area contributed by atoms with E-state index in [1.807, 2.05) is 24.3 Å². The quantitative estimate of drug-likeness (QED) is 0.534. The van der Waals surface area contributed by atoms with Crippen LogP contribution in [0.15, 0.2) is 42.5 Å². The van der Waals surface area contributed by atoms with Gasteiger partial charge in [-0.05, 0) is 60.9 Å². The van der Waals surface area contributed by atoms with E-state index in [-0.39, 0.29) is 5.91 Å². The molecule has 1 fully saturated rings. The van der Waals surface area contributed by atoms with Crippen molar-refractivity contribution in [2.45, 2.75) is 18.8 Å². The van der Waals surface area contributed by atoms with Crippen LogP contribution in [-0.2, 0) is 4.79 Å². The van der Waals surface area contributed by atoms with Crippen molar-refractivity contribution in [3.8, 4) is 28.6 Å². The van der Waals surface area contributed by atoms with Crippen LogP contribution in [0.2, 0.25) is 0 Å². The van der Waals surface area contributed by atoms with Crippen LogP contribution in [0.25, 0.3) is 17.5 Å². The normalized spacial score (nSPS) is 13.3. The monoisotopic (exact) mass is 420 g/mol. The lowest BCUT2D eigenvalue weighted by atomic mass is 10.1. The molecule has 3 aromatic rings. The van der Waals surface area contributed by atoms with Crippen LogP contribution >= 0.6 is 0 Å². The number of amides is 1. The number of hydrogen-bond acceptors (Lipinski definition) is 6. The molecule has 4 rings (SSSR count). The average molecular weight is 420 g/mol. The fraction of sp³-hybridized carbons (Fsp3) is 0.261. The fourth-order valence-corrected chi connectivity index (χ4v) is 3.20. The molecule has 1 aromatic heterocycles. The molecule has 1 amide bonds. The number of hydrogen-bond donors (Lipinski definition) is 2. The van der Waals surface area contributed by atoms with Gasteiger partial charge in [-0.1, -0.05) is 0 Å². The number of aromatic nitrogens is 3. The standard InChI is InChI=1S/C23H24N4O4/c1-29-18-12-14(13-19(30-2)21(18)31-3)4-11-20(28)24-17-9-7-16(8-10-17)23-25-22(26-27-23)15-5-6-15/h4,7-13,15H,5-6H2,1-3H3,(H,24,28)(H,25,26,27)/b11-4+. The number of carbonyl (C=O) groups excluding carboxylic acids is 1. The zero-order valence-corrected chi connectivity index (χ0v) is 17.6. The van der Waals surface area contributed by atoms with Gasteiger partial charge in [-0.25, -0.2) is 4.98 Å². The van der Waals surface area contributed by atoms with Gasteiger partial charge in [0.25, 0.3) is 0 Å². The molecule has 31 heavy (non-hydrogen) atoms. The van der Waals surface area contributed by atoms with Gasteiger partial charge in [0, 0.05) is 23.2 Å². The maximum Gasteiger partial charge on any atom is 0.248 e. The van der Waals surface area contributed by atoms with Crippen LogP contribution in [0.4, 0.5) is 5.69 Å². The molecule has 8 heteroatoms. The molecule has 1 heterocycles. The molecule has 0 aliphatic heterocycles. The predicted octanol–water partition coefficient (Wildman–Crippen LogP) is 4.03. The molecule has 8 nitrogen and oxygen atoms in total. The summed E-state index contributed by atoms with van der Waals surface area (Å²) in [6.45, 7) is 0. The summed E-state index contributed by atoms with van der Waals surface area (Å²) < 4.78 is 16.0. The number of ether oxygens (including phenoxy) is 3. The highest BCUT2D eigenvalue weighted by molar-refractivity contribution is 6.02. The number of rotatable bonds is 8. The van der Waals surface area contributed by atoms with Gasteiger partial charge in [0.15, 0.2) is 17.3 Å². The second-order valence-corrected chi connectivity index (χ2v) is 7.18. The Labute approximate surface area is 180 Å². The van der Waals surface area contributed by atoms with Crippen molar-refractivity contribution in [1.82, 2.24) is 15.2 Å². The SMILES string of the molecule is COc1cc(/C=C/C(=O)Nc2ccc(-c3n[nH]c(C4CC4)n3)cc2)cc(OC)c1OC. The van der Waals surface area contributed by atoms with E-state index >= 15 is 0 Å². The highest BCUT2D eigenvalue weighted by Gasteiger charge is 2.27. The molecule has 0 spiro atoms. The second-order valence-electron chi connectivity index (χ2n) is 7.18. The number of carbonyl (C=O) groups is 1. The van der Waals surface area contributed by atoms with E-state index in [1.165, 1.54) is 18.9 Å². The third-order valence-electron chi connectivity index (χ3n) is 4.99. The highest BCUT2D eigenvalue weighted by Crippen LogP contribution is 2.39. The Morgan fingerprint density at radius 2 is 1.74 bits per heavy atom. The molecule has 0 radical (unpaired) electrons. The van der Waals surface area contributed by atoms with E-state index in [1.54, 1.807) is 39.5 Å². The van der Waals surface area contributed by atoms with E-state index in [9.17, 15) is 4.79 Å². The summed E-state index contributed by atoms with van der Waals surface area (Å²) >= 11 is 0. The number of H-pyrrole nitrogens is 1. The second kappa shape index (κ2) is 8.91. The third-order valence-corrected chi connectivity index (χ3v) is 4.99. The van der Waals surface area contributed by atoms with Crippen molar-refractivity contribution in [3.63, 3.8) is 0 Å². The molecule has 1 aliphatic carbocycles. The molecule has 0 saturated heterocycles. The molecule has 1 aliphatic rings. The first-order valence-electron chi connectivity index (χ1n) is 9.93. The summed E-state index contributed by atoms with van der Waals surface area (Å²) in [6.07, 6.45) is 5.47. The van der Waals surface area contributed by atoms with Crippen LogP contribution in [0, 0.1) is 0 Å². The number of benzene rings is 2. The van der Waals surface area contributed by atoms with E-state index in [4.69, 9.17) is 14.2 Å². The smallest absolute Gasteiger partial charge is 0.248 e.